The van der Waals surface area contributed by atoms with Crippen molar-refractivity contribution in [1.82, 2.24) is 0 Å². The van der Waals surface area contributed by atoms with Crippen LogP contribution in [0.2, 0.25) is 0 Å². The molecule has 0 aliphatic carbocycles. The molecule has 1 nitrogen and oxygen atoms in total. The zero-order valence-electron chi connectivity index (χ0n) is 9.17. The van der Waals surface area contributed by atoms with Crippen molar-refractivity contribution in [3.63, 3.8) is 0 Å². The molecule has 0 fully saturated rings. The summed E-state index contributed by atoms with van der Waals surface area (Å²) in [6, 6.07) is 3.89. The van der Waals surface area contributed by atoms with Gasteiger partial charge in [-0.1, -0.05) is 6.92 Å². The molecule has 0 bridgehead atoms. The van der Waals surface area contributed by atoms with Crippen LogP contribution in [0.25, 0.3) is 0 Å². The first-order valence-electron chi connectivity index (χ1n) is 5.08. The van der Waals surface area contributed by atoms with E-state index in [9.17, 15) is 13.2 Å². The molecule has 0 aromatic heterocycles. The molecule has 96 valence electrons. The number of alkyl halides is 3. The molecule has 1 heterocycles. The highest BCUT2D eigenvalue weighted by Crippen LogP contribution is 2.38. The Morgan fingerprint density at radius 3 is 2.71 bits per heavy atom. The van der Waals surface area contributed by atoms with Crippen molar-refractivity contribution in [2.45, 2.75) is 29.7 Å². The van der Waals surface area contributed by atoms with Gasteiger partial charge in [0.25, 0.3) is 0 Å². The molecule has 1 aliphatic heterocycles. The fraction of sp³-hybridized carbons (Fsp3) is 0.455. The zero-order valence-corrected chi connectivity index (χ0v) is 10.8. The van der Waals surface area contributed by atoms with Crippen molar-refractivity contribution < 1.29 is 13.2 Å². The van der Waals surface area contributed by atoms with Crippen LogP contribution in [-0.2, 0) is 6.18 Å². The smallest absolute Gasteiger partial charge is 0.384 e. The molecule has 1 aliphatic rings. The number of hydrogen-bond donors (Lipinski definition) is 1. The molecular weight excluding hydrogens is 271 g/mol. The summed E-state index contributed by atoms with van der Waals surface area (Å²) in [5.41, 5.74) is 0.0121. The summed E-state index contributed by atoms with van der Waals surface area (Å²) in [4.78, 5) is 0.901. The number of nitrogens with one attached hydrogen (secondary N) is 1. The molecule has 1 aromatic carbocycles. The monoisotopic (exact) mass is 283 g/mol. The van der Waals surface area contributed by atoms with E-state index >= 15 is 0 Å². The van der Waals surface area contributed by atoms with Crippen molar-refractivity contribution in [1.29, 1.82) is 0 Å². The van der Waals surface area contributed by atoms with Gasteiger partial charge in [-0.2, -0.15) is 13.2 Å². The van der Waals surface area contributed by atoms with E-state index in [2.05, 4.69) is 12.2 Å². The van der Waals surface area contributed by atoms with Gasteiger partial charge in [-0.3, -0.25) is 0 Å². The second-order valence-electron chi connectivity index (χ2n) is 3.85. The molecule has 6 heteroatoms. The number of thioether (sulfide) groups is 1. The number of hydrogen-bond acceptors (Lipinski definition) is 2. The van der Waals surface area contributed by atoms with Crippen LogP contribution in [0.5, 0.6) is 0 Å². The first kappa shape index (κ1) is 14.5. The summed E-state index contributed by atoms with van der Waals surface area (Å²) < 4.78 is 37.5. The quantitative estimate of drug-likeness (QED) is 0.756. The first-order chi connectivity index (χ1) is 7.47. The van der Waals surface area contributed by atoms with Crippen LogP contribution in [0.4, 0.5) is 18.9 Å². The normalized spacial score (nSPS) is 19.6. The maximum absolute atomic E-state index is 12.5. The Balaban J connectivity index is 0.00000144. The van der Waals surface area contributed by atoms with Crippen LogP contribution < -0.4 is 5.32 Å². The van der Waals surface area contributed by atoms with E-state index in [-0.39, 0.29) is 12.4 Å². The fourth-order valence-electron chi connectivity index (χ4n) is 1.63. The molecule has 0 saturated heterocycles. The molecule has 17 heavy (non-hydrogen) atoms. The van der Waals surface area contributed by atoms with Crippen LogP contribution in [0.15, 0.2) is 23.1 Å². The molecule has 0 radical (unpaired) electrons. The van der Waals surface area contributed by atoms with Gasteiger partial charge >= 0.3 is 6.18 Å². The predicted octanol–water partition coefficient (Wildman–Crippen LogP) is 4.42. The van der Waals surface area contributed by atoms with Gasteiger partial charge in [0, 0.05) is 22.4 Å². The van der Waals surface area contributed by atoms with E-state index in [0.717, 1.165) is 23.9 Å². The fourth-order valence-corrected chi connectivity index (χ4v) is 2.71. The Labute approximate surface area is 109 Å². The molecule has 0 spiro atoms. The predicted molar refractivity (Wildman–Crippen MR) is 67.1 cm³/mol. The SMILES string of the molecule is CC1CCNc2cc(C(F)(F)F)ccc2S1.Cl. The largest absolute Gasteiger partial charge is 0.416 e. The minimum absolute atomic E-state index is 0. The molecule has 1 N–H and O–H groups in total. The van der Waals surface area contributed by atoms with Crippen molar-refractivity contribution >= 4 is 29.9 Å². The van der Waals surface area contributed by atoms with Crippen LogP contribution in [0, 0.1) is 0 Å². The van der Waals surface area contributed by atoms with Gasteiger partial charge in [0.15, 0.2) is 0 Å². The number of benzene rings is 1. The van der Waals surface area contributed by atoms with Gasteiger partial charge in [0.2, 0.25) is 0 Å². The summed E-state index contributed by atoms with van der Waals surface area (Å²) in [7, 11) is 0. The van der Waals surface area contributed by atoms with Crippen molar-refractivity contribution in [2.75, 3.05) is 11.9 Å². The second kappa shape index (κ2) is 5.40. The standard InChI is InChI=1S/C11H12F3NS.ClH/c1-7-4-5-15-9-6-8(11(12,13)14)2-3-10(9)16-7;/h2-3,6-7,15H,4-5H2,1H3;1H. The maximum atomic E-state index is 12.5. The van der Waals surface area contributed by atoms with E-state index in [1.807, 2.05) is 0 Å². The average molecular weight is 284 g/mol. The number of rotatable bonds is 0. The number of halogens is 4. The van der Waals surface area contributed by atoms with Crippen LogP contribution in [0.3, 0.4) is 0 Å². The van der Waals surface area contributed by atoms with Gasteiger partial charge < -0.3 is 5.32 Å². The molecule has 1 aromatic rings. The number of fused-ring (bicyclic) bond motifs is 1. The van der Waals surface area contributed by atoms with Gasteiger partial charge in [-0.25, -0.2) is 0 Å². The molecule has 1 unspecified atom stereocenters. The Morgan fingerprint density at radius 2 is 2.06 bits per heavy atom. The lowest BCUT2D eigenvalue weighted by Crippen LogP contribution is -2.07. The van der Waals surface area contributed by atoms with E-state index in [1.54, 1.807) is 17.8 Å². The van der Waals surface area contributed by atoms with Crippen LogP contribution in [-0.4, -0.2) is 11.8 Å². The second-order valence-corrected chi connectivity index (χ2v) is 5.33. The van der Waals surface area contributed by atoms with E-state index < -0.39 is 11.7 Å². The summed E-state index contributed by atoms with van der Waals surface area (Å²) >= 11 is 1.62. The summed E-state index contributed by atoms with van der Waals surface area (Å²) in [6.07, 6.45) is -3.31. The van der Waals surface area contributed by atoms with Gasteiger partial charge in [0.1, 0.15) is 0 Å². The van der Waals surface area contributed by atoms with Gasteiger partial charge in [0.05, 0.1) is 5.56 Å². The lowest BCUT2D eigenvalue weighted by atomic mass is 10.2. The molecule has 2 rings (SSSR count). The Kier molecular flexibility index (Phi) is 4.61. The van der Waals surface area contributed by atoms with E-state index in [0.29, 0.717) is 10.9 Å². The zero-order chi connectivity index (χ0) is 11.8. The third-order valence-corrected chi connectivity index (χ3v) is 3.75. The number of anilines is 1. The summed E-state index contributed by atoms with van der Waals surface area (Å²) in [6.45, 7) is 2.81. The van der Waals surface area contributed by atoms with Crippen LogP contribution in [0.1, 0.15) is 18.9 Å². The van der Waals surface area contributed by atoms with Crippen LogP contribution >= 0.6 is 24.2 Å². The summed E-state index contributed by atoms with van der Waals surface area (Å²) in [5.74, 6) is 0. The minimum Gasteiger partial charge on any atom is -0.384 e. The highest BCUT2D eigenvalue weighted by Gasteiger charge is 2.31. The lowest BCUT2D eigenvalue weighted by Gasteiger charge is -2.12. The Bertz CT molecular complexity index is 395. The highest BCUT2D eigenvalue weighted by atomic mass is 35.5. The average Bonchev–Trinajstić information content (AvgIpc) is 2.35. The Hall–Kier alpha value is -0.550. The highest BCUT2D eigenvalue weighted by molar-refractivity contribution is 8.00. The topological polar surface area (TPSA) is 12.0 Å². The van der Waals surface area contributed by atoms with Crippen molar-refractivity contribution in [3.8, 4) is 0 Å². The molecular formula is C11H13ClF3NS. The third-order valence-electron chi connectivity index (χ3n) is 2.50. The first-order valence-corrected chi connectivity index (χ1v) is 5.96. The molecule has 1 atom stereocenters. The summed E-state index contributed by atoms with van der Waals surface area (Å²) in [5, 5.41) is 3.48. The van der Waals surface area contributed by atoms with Crippen molar-refractivity contribution in [3.05, 3.63) is 23.8 Å². The molecule has 0 saturated carbocycles. The Morgan fingerprint density at radius 1 is 1.35 bits per heavy atom. The van der Waals surface area contributed by atoms with Gasteiger partial charge in [-0.15, -0.1) is 24.2 Å². The lowest BCUT2D eigenvalue weighted by molar-refractivity contribution is -0.137. The van der Waals surface area contributed by atoms with E-state index in [4.69, 9.17) is 0 Å². The van der Waals surface area contributed by atoms with Gasteiger partial charge in [-0.05, 0) is 24.6 Å². The maximum Gasteiger partial charge on any atom is 0.416 e. The minimum atomic E-state index is -4.26. The third kappa shape index (κ3) is 3.45. The molecule has 0 amide bonds. The van der Waals surface area contributed by atoms with Crippen molar-refractivity contribution in [2.24, 2.45) is 0 Å². The van der Waals surface area contributed by atoms with E-state index in [1.165, 1.54) is 6.07 Å².